The fourth-order valence-corrected chi connectivity index (χ4v) is 1.88. The number of carbonyl (C=O) groups is 1. The molecule has 18 heavy (non-hydrogen) atoms. The predicted molar refractivity (Wildman–Crippen MR) is 66.7 cm³/mol. The lowest BCUT2D eigenvalue weighted by molar-refractivity contribution is -0.129. The summed E-state index contributed by atoms with van der Waals surface area (Å²) in [6.07, 6.45) is 1.96. The van der Waals surface area contributed by atoms with Crippen LogP contribution in [0.15, 0.2) is 24.4 Å². The second-order valence-electron chi connectivity index (χ2n) is 4.22. The largest absolute Gasteiger partial charge is 0.395 e. The first-order valence-corrected chi connectivity index (χ1v) is 5.72. The Balaban J connectivity index is 2.19. The first-order valence-electron chi connectivity index (χ1n) is 5.72. The highest BCUT2D eigenvalue weighted by atomic mass is 19.1. The highest BCUT2D eigenvalue weighted by molar-refractivity contribution is 5.88. The molecular weight excluding hydrogens is 235 g/mol. The van der Waals surface area contributed by atoms with Gasteiger partial charge in [0.05, 0.1) is 13.0 Å². The molecule has 0 radical (unpaired) electrons. The van der Waals surface area contributed by atoms with Crippen molar-refractivity contribution in [2.45, 2.75) is 6.42 Å². The molecule has 1 aromatic heterocycles. The molecule has 0 aliphatic heterocycles. The molecule has 2 aromatic rings. The fraction of sp³-hybridized carbons (Fsp3) is 0.308. The highest BCUT2D eigenvalue weighted by Gasteiger charge is 2.12. The molecule has 0 spiro atoms. The summed E-state index contributed by atoms with van der Waals surface area (Å²) in [5, 5.41) is 9.62. The summed E-state index contributed by atoms with van der Waals surface area (Å²) in [5.41, 5.74) is 1.52. The Morgan fingerprint density at radius 1 is 1.50 bits per heavy atom. The maximum Gasteiger partial charge on any atom is 0.226 e. The van der Waals surface area contributed by atoms with E-state index in [4.69, 9.17) is 5.11 Å². The zero-order valence-corrected chi connectivity index (χ0v) is 10.1. The number of amides is 1. The molecule has 1 aromatic carbocycles. The second-order valence-corrected chi connectivity index (χ2v) is 4.22. The van der Waals surface area contributed by atoms with E-state index in [0.717, 1.165) is 10.9 Å². The van der Waals surface area contributed by atoms with Gasteiger partial charge in [-0.2, -0.15) is 0 Å². The van der Waals surface area contributed by atoms with Gasteiger partial charge in [-0.05, 0) is 23.8 Å². The molecule has 2 N–H and O–H groups in total. The Bertz CT molecular complexity index is 565. The highest BCUT2D eigenvalue weighted by Crippen LogP contribution is 2.20. The van der Waals surface area contributed by atoms with Gasteiger partial charge >= 0.3 is 0 Å². The van der Waals surface area contributed by atoms with Crippen molar-refractivity contribution in [3.63, 3.8) is 0 Å². The zero-order valence-electron chi connectivity index (χ0n) is 10.1. The van der Waals surface area contributed by atoms with Crippen molar-refractivity contribution >= 4 is 16.8 Å². The normalized spacial score (nSPS) is 10.8. The summed E-state index contributed by atoms with van der Waals surface area (Å²) < 4.78 is 13.0. The number of nitrogens with zero attached hydrogens (tertiary/aromatic N) is 1. The number of aromatic nitrogens is 1. The van der Waals surface area contributed by atoms with E-state index in [1.807, 2.05) is 0 Å². The van der Waals surface area contributed by atoms with Crippen LogP contribution >= 0.6 is 0 Å². The minimum atomic E-state index is -0.306. The van der Waals surface area contributed by atoms with Gasteiger partial charge in [0, 0.05) is 30.7 Å². The number of likely N-dealkylation sites (N-methyl/N-ethyl adjacent to an activating group) is 1. The summed E-state index contributed by atoms with van der Waals surface area (Å²) in [6.45, 7) is 0.261. The van der Waals surface area contributed by atoms with Crippen LogP contribution in [0.5, 0.6) is 0 Å². The van der Waals surface area contributed by atoms with Crippen molar-refractivity contribution in [1.29, 1.82) is 0 Å². The molecule has 0 fully saturated rings. The maximum absolute atomic E-state index is 13.0. The van der Waals surface area contributed by atoms with Gasteiger partial charge in [0.1, 0.15) is 5.82 Å². The van der Waals surface area contributed by atoms with Crippen LogP contribution in [0, 0.1) is 5.82 Å². The Morgan fingerprint density at radius 2 is 2.28 bits per heavy atom. The van der Waals surface area contributed by atoms with Gasteiger partial charge in [0.2, 0.25) is 5.91 Å². The summed E-state index contributed by atoms with van der Waals surface area (Å²) in [6, 6.07) is 4.44. The Morgan fingerprint density at radius 3 is 3.00 bits per heavy atom. The van der Waals surface area contributed by atoms with Gasteiger partial charge in [-0.3, -0.25) is 4.79 Å². The third-order valence-corrected chi connectivity index (χ3v) is 2.93. The van der Waals surface area contributed by atoms with Crippen LogP contribution in [0.2, 0.25) is 0 Å². The van der Waals surface area contributed by atoms with Gasteiger partial charge in [-0.1, -0.05) is 0 Å². The lowest BCUT2D eigenvalue weighted by Gasteiger charge is -2.15. The van der Waals surface area contributed by atoms with Crippen molar-refractivity contribution in [3.8, 4) is 0 Å². The smallest absolute Gasteiger partial charge is 0.226 e. The minimum absolute atomic E-state index is 0.0542. The van der Waals surface area contributed by atoms with Crippen LogP contribution < -0.4 is 0 Å². The standard InChI is InChI=1S/C13H15FN2O2/c1-16(4-5-17)13(18)6-9-8-15-12-7-10(14)2-3-11(9)12/h2-3,7-8,15,17H,4-6H2,1H3. The zero-order chi connectivity index (χ0) is 13.1. The number of hydrogen-bond donors (Lipinski definition) is 2. The van der Waals surface area contributed by atoms with Crippen molar-refractivity contribution in [3.05, 3.63) is 35.8 Å². The van der Waals surface area contributed by atoms with E-state index >= 15 is 0 Å². The van der Waals surface area contributed by atoms with Gasteiger partial charge in [-0.15, -0.1) is 0 Å². The molecule has 0 aliphatic carbocycles. The molecule has 1 heterocycles. The molecule has 1 amide bonds. The summed E-state index contributed by atoms with van der Waals surface area (Å²) in [4.78, 5) is 16.3. The summed E-state index contributed by atoms with van der Waals surface area (Å²) >= 11 is 0. The van der Waals surface area contributed by atoms with E-state index in [0.29, 0.717) is 12.1 Å². The molecule has 0 aliphatic rings. The van der Waals surface area contributed by atoms with E-state index in [1.165, 1.54) is 17.0 Å². The first kappa shape index (κ1) is 12.6. The Hall–Kier alpha value is -1.88. The number of rotatable bonds is 4. The third-order valence-electron chi connectivity index (χ3n) is 2.93. The second kappa shape index (κ2) is 5.18. The molecule has 5 heteroatoms. The molecule has 0 saturated carbocycles. The van der Waals surface area contributed by atoms with Crippen molar-refractivity contribution in [2.75, 3.05) is 20.2 Å². The Kier molecular flexibility index (Phi) is 3.62. The van der Waals surface area contributed by atoms with Crippen LogP contribution in [0.4, 0.5) is 4.39 Å². The molecule has 0 saturated heterocycles. The van der Waals surface area contributed by atoms with E-state index in [2.05, 4.69) is 4.98 Å². The van der Waals surface area contributed by atoms with E-state index < -0.39 is 0 Å². The summed E-state index contributed by atoms with van der Waals surface area (Å²) in [7, 11) is 1.65. The number of carbonyl (C=O) groups excluding carboxylic acids is 1. The number of aliphatic hydroxyl groups excluding tert-OH is 1. The van der Waals surface area contributed by atoms with Crippen molar-refractivity contribution < 1.29 is 14.3 Å². The quantitative estimate of drug-likeness (QED) is 0.859. The lowest BCUT2D eigenvalue weighted by Crippen LogP contribution is -2.30. The molecule has 2 rings (SSSR count). The number of fused-ring (bicyclic) bond motifs is 1. The van der Waals surface area contributed by atoms with E-state index in [-0.39, 0.29) is 24.8 Å². The minimum Gasteiger partial charge on any atom is -0.395 e. The topological polar surface area (TPSA) is 56.3 Å². The van der Waals surface area contributed by atoms with Crippen LogP contribution in [-0.4, -0.2) is 41.1 Å². The number of aliphatic hydroxyl groups is 1. The number of halogens is 1. The third kappa shape index (κ3) is 2.51. The average Bonchev–Trinajstić information content (AvgIpc) is 2.72. The van der Waals surface area contributed by atoms with Gasteiger partial charge in [0.25, 0.3) is 0 Å². The number of nitrogens with one attached hydrogen (secondary N) is 1. The van der Waals surface area contributed by atoms with Crippen molar-refractivity contribution in [1.82, 2.24) is 9.88 Å². The van der Waals surface area contributed by atoms with E-state index in [1.54, 1.807) is 19.3 Å². The molecule has 4 nitrogen and oxygen atoms in total. The lowest BCUT2D eigenvalue weighted by atomic mass is 10.1. The molecule has 0 unspecified atom stereocenters. The van der Waals surface area contributed by atoms with Gasteiger partial charge < -0.3 is 15.0 Å². The SMILES string of the molecule is CN(CCO)C(=O)Cc1c[nH]c2cc(F)ccc12. The number of H-pyrrole nitrogens is 1. The molecule has 96 valence electrons. The monoisotopic (exact) mass is 250 g/mol. The van der Waals surface area contributed by atoms with Crippen LogP contribution in [-0.2, 0) is 11.2 Å². The predicted octanol–water partition coefficient (Wildman–Crippen LogP) is 1.30. The molecule has 0 bridgehead atoms. The average molecular weight is 250 g/mol. The van der Waals surface area contributed by atoms with Crippen LogP contribution in [0.3, 0.4) is 0 Å². The number of hydrogen-bond acceptors (Lipinski definition) is 2. The summed E-state index contributed by atoms with van der Waals surface area (Å²) in [5.74, 6) is -0.381. The number of benzene rings is 1. The van der Waals surface area contributed by atoms with Crippen LogP contribution in [0.25, 0.3) is 10.9 Å². The first-order chi connectivity index (χ1) is 8.61. The molecular formula is C13H15FN2O2. The van der Waals surface area contributed by atoms with E-state index in [9.17, 15) is 9.18 Å². The number of aromatic amines is 1. The maximum atomic E-state index is 13.0. The van der Waals surface area contributed by atoms with Gasteiger partial charge in [-0.25, -0.2) is 4.39 Å². The van der Waals surface area contributed by atoms with Gasteiger partial charge in [0.15, 0.2) is 0 Å². The van der Waals surface area contributed by atoms with Crippen molar-refractivity contribution in [2.24, 2.45) is 0 Å². The van der Waals surface area contributed by atoms with Crippen LogP contribution in [0.1, 0.15) is 5.56 Å². The fourth-order valence-electron chi connectivity index (χ4n) is 1.88. The molecule has 0 atom stereocenters. The Labute approximate surface area is 104 Å².